The van der Waals surface area contributed by atoms with Crippen LogP contribution < -0.4 is 10.5 Å². The minimum Gasteiger partial charge on any atom is -0.744 e. The van der Waals surface area contributed by atoms with Crippen LogP contribution in [0.2, 0.25) is 5.02 Å². The van der Waals surface area contributed by atoms with Crippen molar-refractivity contribution in [3.8, 4) is 0 Å². The summed E-state index contributed by atoms with van der Waals surface area (Å²) in [6.07, 6.45) is 1.19. The largest absolute Gasteiger partial charge is 2.00 e. The molecule has 8 nitrogen and oxygen atoms in total. The Hall–Kier alpha value is -1.75. The van der Waals surface area contributed by atoms with E-state index in [1.807, 2.05) is 0 Å². The third kappa shape index (κ3) is 4.62. The van der Waals surface area contributed by atoms with Gasteiger partial charge in [0, 0.05) is 11.1 Å². The van der Waals surface area contributed by atoms with Crippen LogP contribution in [0.5, 0.6) is 0 Å². The van der Waals surface area contributed by atoms with Crippen molar-refractivity contribution in [2.45, 2.75) is 4.90 Å². The molecule has 28 heavy (non-hydrogen) atoms. The molecule has 0 spiro atoms. The van der Waals surface area contributed by atoms with Crippen LogP contribution in [0.4, 0.5) is 5.69 Å². The molecule has 0 bridgehead atoms. The van der Waals surface area contributed by atoms with Gasteiger partial charge in [0.25, 0.3) is 0 Å². The number of fused-ring (bicyclic) bond motifs is 1. The fourth-order valence-corrected chi connectivity index (χ4v) is 3.44. The molecule has 0 aliphatic heterocycles. The number of hydrogen-bond donors (Lipinski definition) is 1. The fraction of sp³-hybridized carbons (Fsp3) is 0. The van der Waals surface area contributed by atoms with Crippen LogP contribution in [-0.4, -0.2) is 68.2 Å². The van der Waals surface area contributed by atoms with E-state index in [-0.39, 0.29) is 54.2 Å². The molecule has 1 aliphatic carbocycles. The zero-order chi connectivity index (χ0) is 19.8. The molecular weight excluding hydrogens is 436 g/mol. The number of carboxylic acids is 1. The van der Waals surface area contributed by atoms with Crippen molar-refractivity contribution in [3.05, 3.63) is 64.2 Å². The summed E-state index contributed by atoms with van der Waals surface area (Å²) in [5.41, 5.74) is 2.59. The topological polar surface area (TPSA) is 139 Å². The number of nitrogens with one attached hydrogen (secondary N) is 1. The number of carbonyl (C=O) groups excluding carboxylic acids is 2. The van der Waals surface area contributed by atoms with Crippen LogP contribution in [0.15, 0.2) is 58.0 Å². The van der Waals surface area contributed by atoms with Gasteiger partial charge in [-0.3, -0.25) is 10.2 Å². The van der Waals surface area contributed by atoms with Crippen LogP contribution in [0.3, 0.4) is 0 Å². The van der Waals surface area contributed by atoms with Gasteiger partial charge in [0.05, 0.1) is 21.6 Å². The molecule has 1 N–H and O–H groups in total. The average molecular weight is 445 g/mol. The summed E-state index contributed by atoms with van der Waals surface area (Å²) in [6.45, 7) is 0. The number of hydrogen-bond acceptors (Lipinski definition) is 8. The molecule has 138 valence electrons. The first-order valence-corrected chi connectivity index (χ1v) is 9.13. The number of carbonyl (C=O) groups is 2. The fourth-order valence-electron chi connectivity index (χ4n) is 2.46. The zero-order valence-corrected chi connectivity index (χ0v) is 17.8. The molecule has 0 atom stereocenters. The van der Waals surface area contributed by atoms with E-state index < -0.39 is 32.3 Å². The number of hydrazone groups is 1. The molecule has 0 saturated carbocycles. The van der Waals surface area contributed by atoms with Gasteiger partial charge in [-0.15, -0.1) is 0 Å². The molecule has 0 saturated heterocycles. The number of ketones is 1. The second kappa shape index (κ2) is 8.73. The molecule has 0 unspecified atom stereocenters. The van der Waals surface area contributed by atoms with Crippen molar-refractivity contribution in [2.24, 2.45) is 5.10 Å². The van der Waals surface area contributed by atoms with Gasteiger partial charge in [-0.2, -0.15) is 5.10 Å². The summed E-state index contributed by atoms with van der Waals surface area (Å²) in [5, 5.41) is 14.8. The van der Waals surface area contributed by atoms with E-state index in [2.05, 4.69) is 10.5 Å². The van der Waals surface area contributed by atoms with E-state index in [4.69, 9.17) is 11.6 Å². The summed E-state index contributed by atoms with van der Waals surface area (Å²) in [6, 6.07) is 9.96. The maximum atomic E-state index is 12.4. The first kappa shape index (κ1) is 22.5. The Morgan fingerprint density at radius 1 is 1.14 bits per heavy atom. The smallest absolute Gasteiger partial charge is 0.744 e. The summed E-state index contributed by atoms with van der Waals surface area (Å²) >= 11 is 5.70. The van der Waals surface area contributed by atoms with Crippen LogP contribution in [-0.2, 0) is 19.7 Å². The second-order valence-corrected chi connectivity index (χ2v) is 7.19. The quantitative estimate of drug-likeness (QED) is 0.311. The predicted molar refractivity (Wildman–Crippen MR) is 99.8 cm³/mol. The minimum absolute atomic E-state index is 0. The van der Waals surface area contributed by atoms with Gasteiger partial charge in [-0.05, 0) is 29.8 Å². The monoisotopic (exact) mass is 444 g/mol. The molecule has 0 heterocycles. The Morgan fingerprint density at radius 3 is 2.46 bits per heavy atom. The molecule has 2 aromatic carbocycles. The van der Waals surface area contributed by atoms with E-state index >= 15 is 0 Å². The summed E-state index contributed by atoms with van der Waals surface area (Å²) in [5.74, 6) is -2.51. The SMILES string of the molecule is O=C([O-])C1=Cc2ccccc2/C(=N\Nc2ccc(Cl)c(S(=O)(=O)[O-])c2)C1=O.[Ca+2]. The first-order valence-electron chi connectivity index (χ1n) is 7.35. The molecule has 11 heteroatoms. The van der Waals surface area contributed by atoms with Crippen molar-refractivity contribution >= 4 is 88.7 Å². The van der Waals surface area contributed by atoms with Crippen molar-refractivity contribution in [3.63, 3.8) is 0 Å². The van der Waals surface area contributed by atoms with Crippen molar-refractivity contribution in [1.29, 1.82) is 0 Å². The van der Waals surface area contributed by atoms with Crippen molar-refractivity contribution in [2.75, 3.05) is 5.43 Å². The number of aliphatic carboxylic acids is 1. The Bertz CT molecular complexity index is 1140. The number of Topliss-reactive ketones (excluding diaryl/α,β-unsaturated/α-hetero) is 1. The van der Waals surface area contributed by atoms with Gasteiger partial charge in [0.15, 0.2) is 0 Å². The van der Waals surface area contributed by atoms with E-state index in [1.54, 1.807) is 24.3 Å². The third-order valence-corrected chi connectivity index (χ3v) is 5.01. The second-order valence-electron chi connectivity index (χ2n) is 5.43. The summed E-state index contributed by atoms with van der Waals surface area (Å²) < 4.78 is 33.6. The van der Waals surface area contributed by atoms with Gasteiger partial charge in [0.2, 0.25) is 5.78 Å². The maximum Gasteiger partial charge on any atom is 2.00 e. The molecule has 0 fully saturated rings. The normalized spacial score (nSPS) is 14.7. The molecule has 0 amide bonds. The number of benzene rings is 2. The maximum absolute atomic E-state index is 12.4. The van der Waals surface area contributed by atoms with Crippen LogP contribution in [0.25, 0.3) is 6.08 Å². The van der Waals surface area contributed by atoms with Gasteiger partial charge >= 0.3 is 37.7 Å². The Balaban J connectivity index is 0.00000280. The molecule has 3 rings (SSSR count). The molecular formula is C17H9CaClN2O6S. The molecule has 1 aliphatic rings. The van der Waals surface area contributed by atoms with Crippen LogP contribution in [0, 0.1) is 0 Å². The van der Waals surface area contributed by atoms with Gasteiger partial charge < -0.3 is 14.5 Å². The van der Waals surface area contributed by atoms with Crippen LogP contribution in [0.1, 0.15) is 11.1 Å². The summed E-state index contributed by atoms with van der Waals surface area (Å²) in [4.78, 5) is 22.9. The molecule has 2 aromatic rings. The van der Waals surface area contributed by atoms with E-state index in [0.717, 1.165) is 6.07 Å². The van der Waals surface area contributed by atoms with E-state index in [0.29, 0.717) is 11.1 Å². The van der Waals surface area contributed by atoms with Crippen molar-refractivity contribution in [1.82, 2.24) is 0 Å². The number of nitrogens with zero attached hydrogens (tertiary/aromatic N) is 1. The first-order chi connectivity index (χ1) is 12.7. The Labute approximate surface area is 194 Å². The standard InChI is InChI=1S/C17H11ClN2O6S.Ca/c18-13-6-5-10(8-14(13)27(24,25)26)19-20-15-11-4-2-1-3-9(11)7-12(16(15)21)17(22)23;/h1-8,19H,(H,22,23)(H,24,25,26);/q;+2/p-2/b20-15+;. The van der Waals surface area contributed by atoms with Gasteiger partial charge in [-0.25, -0.2) is 8.42 Å². The minimum atomic E-state index is -4.81. The molecule has 0 radical (unpaired) electrons. The number of halogens is 1. The number of rotatable bonds is 4. The van der Waals surface area contributed by atoms with E-state index in [9.17, 15) is 27.7 Å². The van der Waals surface area contributed by atoms with E-state index in [1.165, 1.54) is 18.2 Å². The Morgan fingerprint density at radius 2 is 1.82 bits per heavy atom. The van der Waals surface area contributed by atoms with Crippen LogP contribution >= 0.6 is 11.6 Å². The zero-order valence-electron chi connectivity index (χ0n) is 14.0. The average Bonchev–Trinajstić information content (AvgIpc) is 2.60. The third-order valence-electron chi connectivity index (χ3n) is 3.69. The van der Waals surface area contributed by atoms with Gasteiger partial charge in [-0.1, -0.05) is 35.9 Å². The Kier molecular flexibility index (Phi) is 7.02. The number of anilines is 1. The van der Waals surface area contributed by atoms with Gasteiger partial charge in [0.1, 0.15) is 15.8 Å². The summed E-state index contributed by atoms with van der Waals surface area (Å²) in [7, 11) is -4.81. The predicted octanol–water partition coefficient (Wildman–Crippen LogP) is 0.396. The molecule has 0 aromatic heterocycles. The number of carboxylic acid groups (broad SMARTS) is 1. The van der Waals surface area contributed by atoms with Crippen molar-refractivity contribution < 1.29 is 27.7 Å².